The molecule has 0 aliphatic heterocycles. The number of aliphatic hydroxyl groups is 1. The van der Waals surface area contributed by atoms with E-state index >= 15 is 0 Å². The molecule has 0 saturated heterocycles. The van der Waals surface area contributed by atoms with Crippen LogP contribution in [0.1, 0.15) is 5.56 Å². The molecule has 0 atom stereocenters. The van der Waals surface area contributed by atoms with Crippen molar-refractivity contribution in [3.63, 3.8) is 0 Å². The summed E-state index contributed by atoms with van der Waals surface area (Å²) in [5, 5.41) is 12.0. The molecule has 0 fully saturated rings. The Labute approximate surface area is 122 Å². The summed E-state index contributed by atoms with van der Waals surface area (Å²) in [6.45, 7) is 0.822. The SMILES string of the molecule is OCCOc1ccc(NCc2ccc(F)c(Cl)c2)cc1. The predicted octanol–water partition coefficient (Wildman–Crippen LogP) is 3.46. The van der Waals surface area contributed by atoms with Crippen molar-refractivity contribution in [3.05, 3.63) is 58.9 Å². The van der Waals surface area contributed by atoms with Gasteiger partial charge in [0, 0.05) is 12.2 Å². The highest BCUT2D eigenvalue weighted by molar-refractivity contribution is 6.30. The van der Waals surface area contributed by atoms with Crippen LogP contribution < -0.4 is 10.1 Å². The lowest BCUT2D eigenvalue weighted by atomic mass is 10.2. The molecule has 0 aromatic heterocycles. The average molecular weight is 296 g/mol. The van der Waals surface area contributed by atoms with Gasteiger partial charge in [0.15, 0.2) is 0 Å². The van der Waals surface area contributed by atoms with Crippen LogP contribution in [0, 0.1) is 5.82 Å². The summed E-state index contributed by atoms with van der Waals surface area (Å²) in [6.07, 6.45) is 0. The minimum absolute atomic E-state index is 0.00860. The molecule has 3 nitrogen and oxygen atoms in total. The molecule has 0 amide bonds. The molecule has 106 valence electrons. The van der Waals surface area contributed by atoms with E-state index < -0.39 is 5.82 Å². The first-order valence-corrected chi connectivity index (χ1v) is 6.58. The van der Waals surface area contributed by atoms with Crippen LogP contribution in [0.3, 0.4) is 0 Å². The van der Waals surface area contributed by atoms with Crippen molar-refractivity contribution in [2.24, 2.45) is 0 Å². The molecule has 2 rings (SSSR count). The van der Waals surface area contributed by atoms with Crippen molar-refractivity contribution >= 4 is 17.3 Å². The van der Waals surface area contributed by atoms with Crippen molar-refractivity contribution in [1.82, 2.24) is 0 Å². The minimum Gasteiger partial charge on any atom is -0.491 e. The summed E-state index contributed by atoms with van der Waals surface area (Å²) >= 11 is 5.73. The lowest BCUT2D eigenvalue weighted by molar-refractivity contribution is 0.201. The lowest BCUT2D eigenvalue weighted by Gasteiger charge is -2.09. The van der Waals surface area contributed by atoms with Crippen LogP contribution in [0.15, 0.2) is 42.5 Å². The first-order valence-electron chi connectivity index (χ1n) is 6.20. The van der Waals surface area contributed by atoms with Crippen LogP contribution in [-0.4, -0.2) is 18.3 Å². The molecule has 5 heteroatoms. The fourth-order valence-electron chi connectivity index (χ4n) is 1.69. The molecule has 0 unspecified atom stereocenters. The molecule has 0 bridgehead atoms. The third-order valence-electron chi connectivity index (χ3n) is 2.69. The third-order valence-corrected chi connectivity index (χ3v) is 2.98. The van der Waals surface area contributed by atoms with Gasteiger partial charge >= 0.3 is 0 Å². The van der Waals surface area contributed by atoms with E-state index in [4.69, 9.17) is 21.4 Å². The lowest BCUT2D eigenvalue weighted by Crippen LogP contribution is -2.02. The molecule has 2 aromatic rings. The molecular weight excluding hydrogens is 281 g/mol. The number of halogens is 2. The number of nitrogens with one attached hydrogen (secondary N) is 1. The Bertz CT molecular complexity index is 560. The monoisotopic (exact) mass is 295 g/mol. The van der Waals surface area contributed by atoms with E-state index in [9.17, 15) is 4.39 Å². The van der Waals surface area contributed by atoms with Crippen LogP contribution in [0.4, 0.5) is 10.1 Å². The van der Waals surface area contributed by atoms with Crippen LogP contribution >= 0.6 is 11.6 Å². The second-order valence-electron chi connectivity index (χ2n) is 4.20. The first-order chi connectivity index (χ1) is 9.69. The highest BCUT2D eigenvalue weighted by Crippen LogP contribution is 2.19. The normalized spacial score (nSPS) is 10.3. The van der Waals surface area contributed by atoms with Gasteiger partial charge in [-0.15, -0.1) is 0 Å². The Kier molecular flexibility index (Phi) is 5.21. The van der Waals surface area contributed by atoms with E-state index in [0.717, 1.165) is 11.3 Å². The number of hydrogen-bond donors (Lipinski definition) is 2. The van der Waals surface area contributed by atoms with Gasteiger partial charge in [-0.2, -0.15) is 0 Å². The zero-order valence-electron chi connectivity index (χ0n) is 10.8. The minimum atomic E-state index is -0.416. The number of anilines is 1. The van der Waals surface area contributed by atoms with E-state index in [2.05, 4.69) is 5.32 Å². The van der Waals surface area contributed by atoms with Gasteiger partial charge in [0.1, 0.15) is 18.2 Å². The quantitative estimate of drug-likeness (QED) is 0.857. The van der Waals surface area contributed by atoms with Gasteiger partial charge in [0.25, 0.3) is 0 Å². The maximum atomic E-state index is 13.0. The molecule has 20 heavy (non-hydrogen) atoms. The van der Waals surface area contributed by atoms with Crippen molar-refractivity contribution in [2.45, 2.75) is 6.54 Å². The number of hydrogen-bond acceptors (Lipinski definition) is 3. The van der Waals surface area contributed by atoms with Gasteiger partial charge in [0.05, 0.1) is 11.6 Å². The van der Waals surface area contributed by atoms with Crippen LogP contribution in [-0.2, 0) is 6.54 Å². The van der Waals surface area contributed by atoms with E-state index in [-0.39, 0.29) is 18.2 Å². The Morgan fingerprint density at radius 1 is 1.15 bits per heavy atom. The van der Waals surface area contributed by atoms with E-state index in [1.165, 1.54) is 6.07 Å². The molecule has 0 saturated carbocycles. The number of aliphatic hydroxyl groups excluding tert-OH is 1. The topological polar surface area (TPSA) is 41.5 Å². The number of ether oxygens (including phenoxy) is 1. The highest BCUT2D eigenvalue weighted by atomic mass is 35.5. The predicted molar refractivity (Wildman–Crippen MR) is 77.8 cm³/mol. The molecule has 0 spiro atoms. The summed E-state index contributed by atoms with van der Waals surface area (Å²) in [4.78, 5) is 0. The number of benzene rings is 2. The van der Waals surface area contributed by atoms with Gasteiger partial charge in [0.2, 0.25) is 0 Å². The summed E-state index contributed by atoms with van der Waals surface area (Å²) in [5.74, 6) is 0.287. The number of rotatable bonds is 6. The largest absolute Gasteiger partial charge is 0.491 e. The fourth-order valence-corrected chi connectivity index (χ4v) is 1.89. The molecule has 2 aromatic carbocycles. The second-order valence-corrected chi connectivity index (χ2v) is 4.61. The van der Waals surface area contributed by atoms with Crippen molar-refractivity contribution in [1.29, 1.82) is 0 Å². The molecular formula is C15H15ClFNO2. The first kappa shape index (κ1) is 14.6. The molecule has 0 aliphatic carbocycles. The van der Waals surface area contributed by atoms with Crippen LogP contribution in [0.25, 0.3) is 0 Å². The maximum absolute atomic E-state index is 13.0. The molecule has 2 N–H and O–H groups in total. The Morgan fingerprint density at radius 3 is 2.55 bits per heavy atom. The van der Waals surface area contributed by atoms with Gasteiger partial charge in [-0.05, 0) is 42.0 Å². The molecule has 0 heterocycles. The van der Waals surface area contributed by atoms with Gasteiger partial charge in [-0.3, -0.25) is 0 Å². The highest BCUT2D eigenvalue weighted by Gasteiger charge is 2.01. The van der Waals surface area contributed by atoms with Gasteiger partial charge < -0.3 is 15.2 Å². The van der Waals surface area contributed by atoms with Gasteiger partial charge in [-0.1, -0.05) is 17.7 Å². The summed E-state index contributed by atoms with van der Waals surface area (Å²) in [7, 11) is 0. The van der Waals surface area contributed by atoms with Crippen molar-refractivity contribution in [2.75, 3.05) is 18.5 Å². The second kappa shape index (κ2) is 7.12. The Morgan fingerprint density at radius 2 is 1.90 bits per heavy atom. The average Bonchev–Trinajstić information content (AvgIpc) is 2.47. The molecule has 0 radical (unpaired) electrons. The van der Waals surface area contributed by atoms with Crippen molar-refractivity contribution < 1.29 is 14.2 Å². The van der Waals surface area contributed by atoms with Crippen molar-refractivity contribution in [3.8, 4) is 5.75 Å². The Hall–Kier alpha value is -1.78. The summed E-state index contributed by atoms with van der Waals surface area (Å²) in [6, 6.07) is 12.0. The zero-order valence-corrected chi connectivity index (χ0v) is 11.5. The van der Waals surface area contributed by atoms with Crippen LogP contribution in [0.5, 0.6) is 5.75 Å². The maximum Gasteiger partial charge on any atom is 0.141 e. The Balaban J connectivity index is 1.91. The third kappa shape index (κ3) is 4.11. The van der Waals surface area contributed by atoms with Gasteiger partial charge in [-0.25, -0.2) is 4.39 Å². The standard InChI is InChI=1S/C15H15ClFNO2/c16-14-9-11(1-6-15(14)17)10-18-12-2-4-13(5-3-12)20-8-7-19/h1-6,9,18-19H,7-8,10H2. The molecule has 0 aliphatic rings. The van der Waals surface area contributed by atoms with E-state index in [1.807, 2.05) is 24.3 Å². The van der Waals surface area contributed by atoms with E-state index in [1.54, 1.807) is 12.1 Å². The summed E-state index contributed by atoms with van der Waals surface area (Å²) in [5.41, 5.74) is 1.82. The zero-order chi connectivity index (χ0) is 14.4. The van der Waals surface area contributed by atoms with Crippen LogP contribution in [0.2, 0.25) is 5.02 Å². The summed E-state index contributed by atoms with van der Waals surface area (Å²) < 4.78 is 18.3. The smallest absolute Gasteiger partial charge is 0.141 e. The fraction of sp³-hybridized carbons (Fsp3) is 0.200. The van der Waals surface area contributed by atoms with E-state index in [0.29, 0.717) is 12.3 Å².